The van der Waals surface area contributed by atoms with Gasteiger partial charge in [-0.15, -0.1) is 0 Å². The van der Waals surface area contributed by atoms with Crippen molar-refractivity contribution in [2.45, 2.75) is 19.0 Å². The number of hydrogen-bond acceptors (Lipinski definition) is 4. The highest BCUT2D eigenvalue weighted by molar-refractivity contribution is 5.92. The zero-order chi connectivity index (χ0) is 14.7. The molecule has 1 atom stereocenters. The number of carboxylic acids is 1. The van der Waals surface area contributed by atoms with Crippen LogP contribution in [-0.2, 0) is 11.3 Å². The molecule has 3 rings (SSSR count). The molecule has 110 valence electrons. The molecule has 0 aliphatic carbocycles. The Labute approximate surface area is 122 Å². The molecule has 2 aromatic rings. The van der Waals surface area contributed by atoms with E-state index in [4.69, 9.17) is 4.74 Å². The number of carbonyl (C=O) groups is 1. The lowest BCUT2D eigenvalue weighted by atomic mass is 10.2. The predicted octanol–water partition coefficient (Wildman–Crippen LogP) is 1.83. The molecular weight excluding hydrogens is 270 g/mol. The third-order valence-corrected chi connectivity index (χ3v) is 3.45. The van der Waals surface area contributed by atoms with Gasteiger partial charge in [0.2, 0.25) is 0 Å². The molecule has 21 heavy (non-hydrogen) atoms. The number of nitrogens with zero attached hydrogens (tertiary/aromatic N) is 2. The van der Waals surface area contributed by atoms with Gasteiger partial charge in [-0.2, -0.15) is 5.10 Å². The van der Waals surface area contributed by atoms with Crippen molar-refractivity contribution < 1.29 is 14.6 Å². The lowest BCUT2D eigenvalue weighted by Gasteiger charge is -2.09. The highest BCUT2D eigenvalue weighted by Crippen LogP contribution is 2.18. The molecule has 1 aromatic heterocycles. The van der Waals surface area contributed by atoms with Crippen LogP contribution in [0.3, 0.4) is 0 Å². The van der Waals surface area contributed by atoms with Crippen LogP contribution in [0.4, 0.5) is 5.82 Å². The Balaban J connectivity index is 1.80. The van der Waals surface area contributed by atoms with Gasteiger partial charge in [0.25, 0.3) is 0 Å². The van der Waals surface area contributed by atoms with Gasteiger partial charge < -0.3 is 15.2 Å². The Hall–Kier alpha value is -2.34. The molecular formula is C15H17N3O3. The first-order chi connectivity index (χ1) is 10.2. The number of ether oxygens (including phenoxy) is 1. The number of aromatic nitrogens is 2. The van der Waals surface area contributed by atoms with E-state index in [1.165, 1.54) is 0 Å². The molecule has 6 heteroatoms. The average molecular weight is 287 g/mol. The Morgan fingerprint density at radius 3 is 2.90 bits per heavy atom. The summed E-state index contributed by atoms with van der Waals surface area (Å²) in [7, 11) is 0. The predicted molar refractivity (Wildman–Crippen MR) is 77.6 cm³/mol. The molecule has 1 saturated heterocycles. The first-order valence-electron chi connectivity index (χ1n) is 6.91. The van der Waals surface area contributed by atoms with Crippen LogP contribution in [0.2, 0.25) is 0 Å². The smallest absolute Gasteiger partial charge is 0.341 e. The second kappa shape index (κ2) is 5.97. The van der Waals surface area contributed by atoms with E-state index < -0.39 is 5.97 Å². The van der Waals surface area contributed by atoms with Crippen LogP contribution in [-0.4, -0.2) is 40.1 Å². The summed E-state index contributed by atoms with van der Waals surface area (Å²) in [6.07, 6.45) is 2.43. The minimum Gasteiger partial charge on any atom is -0.477 e. The zero-order valence-corrected chi connectivity index (χ0v) is 11.5. The third-order valence-electron chi connectivity index (χ3n) is 3.45. The molecule has 1 aliphatic rings. The van der Waals surface area contributed by atoms with Gasteiger partial charge in [-0.1, -0.05) is 30.3 Å². The quantitative estimate of drug-likeness (QED) is 0.877. The van der Waals surface area contributed by atoms with Gasteiger partial charge in [0.15, 0.2) is 5.82 Å². The number of nitrogens with one attached hydrogen (secondary N) is 1. The second-order valence-corrected chi connectivity index (χ2v) is 5.08. The van der Waals surface area contributed by atoms with Crippen molar-refractivity contribution in [3.8, 4) is 0 Å². The molecule has 0 saturated carbocycles. The third kappa shape index (κ3) is 3.22. The summed E-state index contributed by atoms with van der Waals surface area (Å²) in [5.74, 6) is -0.565. The Morgan fingerprint density at radius 1 is 1.43 bits per heavy atom. The summed E-state index contributed by atoms with van der Waals surface area (Å²) in [6.45, 7) is 1.83. The van der Waals surface area contributed by atoms with Crippen LogP contribution in [0, 0.1) is 0 Å². The van der Waals surface area contributed by atoms with Crippen molar-refractivity contribution in [1.29, 1.82) is 0 Å². The van der Waals surface area contributed by atoms with Crippen LogP contribution >= 0.6 is 0 Å². The maximum Gasteiger partial charge on any atom is 0.341 e. The Kier molecular flexibility index (Phi) is 3.87. The van der Waals surface area contributed by atoms with Crippen molar-refractivity contribution in [3.63, 3.8) is 0 Å². The second-order valence-electron chi connectivity index (χ2n) is 5.08. The van der Waals surface area contributed by atoms with Crippen molar-refractivity contribution in [2.75, 3.05) is 18.5 Å². The standard InChI is InChI=1S/C15H17N3O3/c19-15(20)13-9-18(8-11-4-2-1-3-5-11)17-14(13)16-12-6-7-21-10-12/h1-5,9,12H,6-8,10H2,(H,16,17)(H,19,20). The van der Waals surface area contributed by atoms with E-state index in [-0.39, 0.29) is 11.6 Å². The molecule has 0 spiro atoms. The van der Waals surface area contributed by atoms with Gasteiger partial charge in [0, 0.05) is 12.8 Å². The summed E-state index contributed by atoms with van der Waals surface area (Å²) in [4.78, 5) is 11.3. The van der Waals surface area contributed by atoms with E-state index in [0.29, 0.717) is 25.6 Å². The van der Waals surface area contributed by atoms with Gasteiger partial charge in [-0.3, -0.25) is 4.68 Å². The van der Waals surface area contributed by atoms with Crippen LogP contribution in [0.15, 0.2) is 36.5 Å². The van der Waals surface area contributed by atoms with Gasteiger partial charge >= 0.3 is 5.97 Å². The number of benzene rings is 1. The number of aromatic carboxylic acids is 1. The first kappa shape index (κ1) is 13.6. The lowest BCUT2D eigenvalue weighted by Crippen LogP contribution is -2.20. The summed E-state index contributed by atoms with van der Waals surface area (Å²) in [5, 5.41) is 16.8. The molecule has 1 aliphatic heterocycles. The maximum atomic E-state index is 11.3. The van der Waals surface area contributed by atoms with Gasteiger partial charge in [-0.05, 0) is 12.0 Å². The van der Waals surface area contributed by atoms with Gasteiger partial charge in [0.05, 0.1) is 19.2 Å². The fraction of sp³-hybridized carbons (Fsp3) is 0.333. The summed E-state index contributed by atoms with van der Waals surface area (Å²) < 4.78 is 6.94. The highest BCUT2D eigenvalue weighted by atomic mass is 16.5. The zero-order valence-electron chi connectivity index (χ0n) is 11.5. The molecule has 1 fully saturated rings. The molecule has 1 unspecified atom stereocenters. The highest BCUT2D eigenvalue weighted by Gasteiger charge is 2.21. The number of anilines is 1. The van der Waals surface area contributed by atoms with Crippen molar-refractivity contribution in [1.82, 2.24) is 9.78 Å². The summed E-state index contributed by atoms with van der Waals surface area (Å²) in [6, 6.07) is 9.95. The summed E-state index contributed by atoms with van der Waals surface area (Å²) in [5.41, 5.74) is 1.27. The van der Waals surface area contributed by atoms with Crippen LogP contribution in [0.5, 0.6) is 0 Å². The Morgan fingerprint density at radius 2 is 2.24 bits per heavy atom. The molecule has 1 aromatic carbocycles. The van der Waals surface area contributed by atoms with E-state index >= 15 is 0 Å². The maximum absolute atomic E-state index is 11.3. The van der Waals surface area contributed by atoms with Crippen molar-refractivity contribution in [3.05, 3.63) is 47.7 Å². The minimum absolute atomic E-state index is 0.128. The normalized spacial score (nSPS) is 17.8. The first-order valence-corrected chi connectivity index (χ1v) is 6.91. The van der Waals surface area contributed by atoms with Crippen molar-refractivity contribution >= 4 is 11.8 Å². The molecule has 0 bridgehead atoms. The number of hydrogen-bond donors (Lipinski definition) is 2. The average Bonchev–Trinajstić information content (AvgIpc) is 3.10. The van der Waals surface area contributed by atoms with Gasteiger partial charge in [0.1, 0.15) is 5.56 Å². The Bertz CT molecular complexity index is 618. The lowest BCUT2D eigenvalue weighted by molar-refractivity contribution is 0.0697. The monoisotopic (exact) mass is 287 g/mol. The fourth-order valence-corrected chi connectivity index (χ4v) is 2.38. The van der Waals surface area contributed by atoms with E-state index in [1.54, 1.807) is 10.9 Å². The van der Waals surface area contributed by atoms with Crippen LogP contribution < -0.4 is 5.32 Å². The molecule has 2 heterocycles. The molecule has 0 amide bonds. The minimum atomic E-state index is -0.976. The van der Waals surface area contributed by atoms with E-state index in [2.05, 4.69) is 10.4 Å². The van der Waals surface area contributed by atoms with Crippen LogP contribution in [0.1, 0.15) is 22.3 Å². The largest absolute Gasteiger partial charge is 0.477 e. The van der Waals surface area contributed by atoms with Crippen LogP contribution in [0.25, 0.3) is 0 Å². The fourth-order valence-electron chi connectivity index (χ4n) is 2.38. The molecule has 6 nitrogen and oxygen atoms in total. The SMILES string of the molecule is O=C(O)c1cn(Cc2ccccc2)nc1NC1CCOC1. The summed E-state index contributed by atoms with van der Waals surface area (Å²) >= 11 is 0. The van der Waals surface area contributed by atoms with Gasteiger partial charge in [-0.25, -0.2) is 4.79 Å². The van der Waals surface area contributed by atoms with E-state index in [0.717, 1.165) is 12.0 Å². The molecule has 2 N–H and O–H groups in total. The van der Waals surface area contributed by atoms with E-state index in [9.17, 15) is 9.90 Å². The topological polar surface area (TPSA) is 76.4 Å². The number of rotatable bonds is 5. The number of carboxylic acid groups (broad SMARTS) is 1. The molecule has 0 radical (unpaired) electrons. The van der Waals surface area contributed by atoms with Crippen molar-refractivity contribution in [2.24, 2.45) is 0 Å². The van der Waals surface area contributed by atoms with E-state index in [1.807, 2.05) is 30.3 Å².